The molecule has 0 bridgehead atoms. The van der Waals surface area contributed by atoms with Crippen LogP contribution in [0, 0.1) is 11.3 Å². The number of ether oxygens (including phenoxy) is 1. The average molecular weight is 244 g/mol. The fourth-order valence-electron chi connectivity index (χ4n) is 2.32. The molecule has 1 aliphatic heterocycles. The summed E-state index contributed by atoms with van der Waals surface area (Å²) in [4.78, 5) is 13.5. The lowest BCUT2D eigenvalue weighted by molar-refractivity contribution is 0.0816. The van der Waals surface area contributed by atoms with E-state index < -0.39 is 0 Å². The van der Waals surface area contributed by atoms with Crippen LogP contribution in [0.15, 0.2) is 12.1 Å². The minimum atomic E-state index is -0.0509. The number of nitrogens with zero attached hydrogens (tertiary/aromatic N) is 2. The molecule has 0 saturated carbocycles. The van der Waals surface area contributed by atoms with E-state index in [0.29, 0.717) is 24.3 Å². The number of fused-ring (bicyclic) bond motifs is 1. The van der Waals surface area contributed by atoms with E-state index in [2.05, 4.69) is 6.07 Å². The second kappa shape index (κ2) is 5.19. The van der Waals surface area contributed by atoms with Crippen molar-refractivity contribution in [2.75, 3.05) is 20.8 Å². The smallest absolute Gasteiger partial charge is 0.255 e. The predicted octanol–water partition coefficient (Wildman–Crippen LogP) is 1.72. The van der Waals surface area contributed by atoms with E-state index in [9.17, 15) is 4.79 Å². The highest BCUT2D eigenvalue weighted by Gasteiger charge is 2.27. The fraction of sp³-hybridized carbons (Fsp3) is 0.429. The molecule has 0 unspecified atom stereocenters. The molecule has 1 aromatic rings. The van der Waals surface area contributed by atoms with E-state index in [1.807, 2.05) is 12.1 Å². The molecule has 1 aromatic carbocycles. The number of carbonyl (C=O) groups excluding carboxylic acids is 1. The molecule has 0 atom stereocenters. The van der Waals surface area contributed by atoms with Crippen LogP contribution in [0.3, 0.4) is 0 Å². The van der Waals surface area contributed by atoms with Crippen molar-refractivity contribution in [3.63, 3.8) is 0 Å². The number of carbonyl (C=O) groups is 1. The number of rotatable bonds is 4. The third kappa shape index (κ3) is 2.22. The number of methoxy groups -OCH3 is 1. The Kier molecular flexibility index (Phi) is 3.63. The van der Waals surface area contributed by atoms with Crippen LogP contribution in [0.2, 0.25) is 0 Å². The first-order chi connectivity index (χ1) is 8.67. The first-order valence-electron chi connectivity index (χ1n) is 5.97. The number of hydrogen-bond acceptors (Lipinski definition) is 3. The summed E-state index contributed by atoms with van der Waals surface area (Å²) in [5, 5.41) is 9.16. The molecule has 0 aliphatic carbocycles. The summed E-state index contributed by atoms with van der Waals surface area (Å²) in [6.45, 7) is 1.30. The molecule has 0 fully saturated rings. The minimum absolute atomic E-state index is 0.0509. The number of hydrogen-bond donors (Lipinski definition) is 0. The Balaban J connectivity index is 2.31. The molecule has 94 valence electrons. The van der Waals surface area contributed by atoms with Crippen LogP contribution in [0.1, 0.15) is 33.5 Å². The van der Waals surface area contributed by atoms with Crippen molar-refractivity contribution in [1.82, 2.24) is 4.90 Å². The summed E-state index contributed by atoms with van der Waals surface area (Å²) in [5.74, 6) is -0.0509. The maximum atomic E-state index is 11.9. The zero-order valence-corrected chi connectivity index (χ0v) is 10.7. The average Bonchev–Trinajstić information content (AvgIpc) is 2.65. The zero-order valence-electron chi connectivity index (χ0n) is 10.7. The third-order valence-corrected chi connectivity index (χ3v) is 3.18. The lowest BCUT2D eigenvalue weighted by atomic mass is 9.98. The van der Waals surface area contributed by atoms with Crippen molar-refractivity contribution in [2.45, 2.75) is 19.4 Å². The predicted molar refractivity (Wildman–Crippen MR) is 67.2 cm³/mol. The van der Waals surface area contributed by atoms with Gasteiger partial charge in [0.05, 0.1) is 17.2 Å². The van der Waals surface area contributed by atoms with E-state index in [-0.39, 0.29) is 5.91 Å². The molecule has 1 aliphatic rings. The monoisotopic (exact) mass is 244 g/mol. The highest BCUT2D eigenvalue weighted by molar-refractivity contribution is 6.00. The quantitative estimate of drug-likeness (QED) is 0.758. The number of amides is 1. The van der Waals surface area contributed by atoms with Crippen LogP contribution in [-0.4, -0.2) is 31.6 Å². The van der Waals surface area contributed by atoms with Gasteiger partial charge in [-0.2, -0.15) is 5.26 Å². The van der Waals surface area contributed by atoms with Crippen molar-refractivity contribution in [3.05, 3.63) is 34.4 Å². The van der Waals surface area contributed by atoms with E-state index in [1.54, 1.807) is 19.1 Å². The highest BCUT2D eigenvalue weighted by Crippen LogP contribution is 2.26. The summed E-state index contributed by atoms with van der Waals surface area (Å²) < 4.78 is 5.02. The van der Waals surface area contributed by atoms with E-state index >= 15 is 0 Å². The summed E-state index contributed by atoms with van der Waals surface area (Å²) in [5.41, 5.74) is 3.14. The van der Waals surface area contributed by atoms with Crippen molar-refractivity contribution in [1.29, 1.82) is 5.26 Å². The van der Waals surface area contributed by atoms with Gasteiger partial charge in [0.25, 0.3) is 5.91 Å². The number of aryl methyl sites for hydroxylation is 1. The van der Waals surface area contributed by atoms with Gasteiger partial charge in [0, 0.05) is 27.3 Å². The summed E-state index contributed by atoms with van der Waals surface area (Å²) >= 11 is 0. The molecule has 1 amide bonds. The summed E-state index contributed by atoms with van der Waals surface area (Å²) in [7, 11) is 3.44. The van der Waals surface area contributed by atoms with Gasteiger partial charge in [0.15, 0.2) is 0 Å². The first-order valence-corrected chi connectivity index (χ1v) is 5.97. The topological polar surface area (TPSA) is 53.3 Å². The Hall–Kier alpha value is -1.86. The fourth-order valence-corrected chi connectivity index (χ4v) is 2.32. The van der Waals surface area contributed by atoms with Gasteiger partial charge in [-0.05, 0) is 30.0 Å². The highest BCUT2D eigenvalue weighted by atomic mass is 16.5. The summed E-state index contributed by atoms with van der Waals surface area (Å²) in [6, 6.07) is 5.99. The van der Waals surface area contributed by atoms with Crippen molar-refractivity contribution in [2.24, 2.45) is 0 Å². The van der Waals surface area contributed by atoms with Crippen LogP contribution in [0.25, 0.3) is 0 Å². The van der Waals surface area contributed by atoms with Gasteiger partial charge in [0.1, 0.15) is 0 Å². The standard InChI is InChI=1S/C14H16N2O2/c1-16-9-12-7-10(4-3-5-18-2)6-11(8-15)13(12)14(16)17/h6-7H,3-5,9H2,1-2H3. The molecule has 1 heterocycles. The molecule has 18 heavy (non-hydrogen) atoms. The van der Waals surface area contributed by atoms with Crippen LogP contribution in [-0.2, 0) is 17.7 Å². The van der Waals surface area contributed by atoms with Gasteiger partial charge in [-0.25, -0.2) is 0 Å². The van der Waals surface area contributed by atoms with Gasteiger partial charge in [0.2, 0.25) is 0 Å². The van der Waals surface area contributed by atoms with Crippen LogP contribution < -0.4 is 0 Å². The molecule has 0 saturated heterocycles. The molecule has 0 radical (unpaired) electrons. The third-order valence-electron chi connectivity index (χ3n) is 3.18. The Morgan fingerprint density at radius 1 is 1.50 bits per heavy atom. The lowest BCUT2D eigenvalue weighted by Gasteiger charge is -2.05. The molecule has 4 nitrogen and oxygen atoms in total. The van der Waals surface area contributed by atoms with Gasteiger partial charge >= 0.3 is 0 Å². The first kappa shape index (κ1) is 12.6. The van der Waals surface area contributed by atoms with E-state index in [1.165, 1.54) is 0 Å². The van der Waals surface area contributed by atoms with Gasteiger partial charge in [-0.1, -0.05) is 6.07 Å². The molecule has 2 rings (SSSR count). The van der Waals surface area contributed by atoms with Crippen molar-refractivity contribution < 1.29 is 9.53 Å². The molecular weight excluding hydrogens is 228 g/mol. The Morgan fingerprint density at radius 3 is 2.94 bits per heavy atom. The summed E-state index contributed by atoms with van der Waals surface area (Å²) in [6.07, 6.45) is 1.79. The SMILES string of the molecule is COCCCc1cc(C#N)c2c(c1)CN(C)C2=O. The van der Waals surface area contributed by atoms with Crippen molar-refractivity contribution >= 4 is 5.91 Å². The maximum absolute atomic E-state index is 11.9. The lowest BCUT2D eigenvalue weighted by Crippen LogP contribution is -2.18. The number of nitriles is 1. The molecule has 0 spiro atoms. The normalized spacial score (nSPS) is 13.6. The Morgan fingerprint density at radius 2 is 2.28 bits per heavy atom. The van der Waals surface area contributed by atoms with Gasteiger partial charge < -0.3 is 9.64 Å². The van der Waals surface area contributed by atoms with Crippen molar-refractivity contribution in [3.8, 4) is 6.07 Å². The molecule has 0 aromatic heterocycles. The molecule has 4 heteroatoms. The number of benzene rings is 1. The van der Waals surface area contributed by atoms with E-state index in [0.717, 1.165) is 24.0 Å². The van der Waals surface area contributed by atoms with Gasteiger partial charge in [-0.3, -0.25) is 4.79 Å². The maximum Gasteiger partial charge on any atom is 0.255 e. The van der Waals surface area contributed by atoms with Crippen LogP contribution in [0.4, 0.5) is 0 Å². The second-order valence-corrected chi connectivity index (χ2v) is 4.55. The second-order valence-electron chi connectivity index (χ2n) is 4.55. The van der Waals surface area contributed by atoms with E-state index in [4.69, 9.17) is 10.00 Å². The Bertz CT molecular complexity index is 517. The Labute approximate surface area is 107 Å². The minimum Gasteiger partial charge on any atom is -0.385 e. The van der Waals surface area contributed by atoms with Gasteiger partial charge in [-0.15, -0.1) is 0 Å². The van der Waals surface area contributed by atoms with Crippen LogP contribution >= 0.6 is 0 Å². The molecular formula is C14H16N2O2. The largest absolute Gasteiger partial charge is 0.385 e. The van der Waals surface area contributed by atoms with Crippen LogP contribution in [0.5, 0.6) is 0 Å². The zero-order chi connectivity index (χ0) is 13.1. The molecule has 0 N–H and O–H groups in total.